The van der Waals surface area contributed by atoms with Crippen molar-refractivity contribution in [1.82, 2.24) is 16.0 Å². The smallest absolute Gasteiger partial charge is 0.262 e. The molecule has 0 unspecified atom stereocenters. The van der Waals surface area contributed by atoms with Crippen LogP contribution in [0.4, 0.5) is 0 Å². The Morgan fingerprint density at radius 3 is 2.58 bits per heavy atom. The predicted molar refractivity (Wildman–Crippen MR) is 157 cm³/mol. The van der Waals surface area contributed by atoms with Crippen LogP contribution in [0.25, 0.3) is 10.1 Å². The van der Waals surface area contributed by atoms with Crippen LogP contribution in [0.1, 0.15) is 78.6 Å². The van der Waals surface area contributed by atoms with Gasteiger partial charge in [0.25, 0.3) is 5.91 Å². The van der Waals surface area contributed by atoms with E-state index in [0.717, 1.165) is 61.2 Å². The molecule has 3 N–H and O–H groups in total. The van der Waals surface area contributed by atoms with Crippen LogP contribution >= 0.6 is 11.3 Å². The van der Waals surface area contributed by atoms with Gasteiger partial charge in [-0.2, -0.15) is 0 Å². The molecule has 1 saturated heterocycles. The molecule has 38 heavy (non-hydrogen) atoms. The van der Waals surface area contributed by atoms with E-state index in [1.54, 1.807) is 0 Å². The van der Waals surface area contributed by atoms with Crippen molar-refractivity contribution in [3.63, 3.8) is 0 Å². The highest BCUT2D eigenvalue weighted by Gasteiger charge is 2.43. The van der Waals surface area contributed by atoms with Crippen LogP contribution in [0.5, 0.6) is 0 Å². The first-order valence-electron chi connectivity index (χ1n) is 14.4. The molecule has 202 valence electrons. The summed E-state index contributed by atoms with van der Waals surface area (Å²) in [6, 6.07) is 18.7. The van der Waals surface area contributed by atoms with Gasteiger partial charge in [0.1, 0.15) is 5.54 Å². The number of rotatable bonds is 10. The SMILES string of the molecule is Cc1ccc2cc(C(=O)NC3(C(=O)N[C@@H](CCCC4CCNCC4)Cc4ccccc4)CCCC3)sc2c1. The molecule has 2 aromatic carbocycles. The average molecular weight is 532 g/mol. The second-order valence-electron chi connectivity index (χ2n) is 11.4. The standard InChI is InChI=1S/C32H41N3O2S/c1-23-12-13-26-22-29(38-28(26)20-23)30(36)35-32(16-5-6-17-32)31(37)34-27(21-25-8-3-2-4-9-25)11-7-10-24-14-18-33-19-15-24/h2-4,8-9,12-13,20,22,24,27,33H,5-7,10-11,14-19,21H2,1H3,(H,34,37)(H,35,36)/t27-/m0/s1. The maximum Gasteiger partial charge on any atom is 0.262 e. The summed E-state index contributed by atoms with van der Waals surface area (Å²) >= 11 is 1.51. The monoisotopic (exact) mass is 531 g/mol. The largest absolute Gasteiger partial charge is 0.351 e. The molecule has 5 nitrogen and oxygen atoms in total. The van der Waals surface area contributed by atoms with Crippen LogP contribution in [-0.2, 0) is 11.2 Å². The number of fused-ring (bicyclic) bond motifs is 1. The van der Waals surface area contributed by atoms with E-state index in [1.807, 2.05) is 12.1 Å². The summed E-state index contributed by atoms with van der Waals surface area (Å²) in [5.74, 6) is 0.643. The van der Waals surface area contributed by atoms with E-state index in [0.29, 0.717) is 17.7 Å². The van der Waals surface area contributed by atoms with Crippen LogP contribution in [0.15, 0.2) is 54.6 Å². The fourth-order valence-electron chi connectivity index (χ4n) is 6.19. The molecule has 5 rings (SSSR count). The first-order valence-corrected chi connectivity index (χ1v) is 15.2. The molecule has 2 aliphatic rings. The minimum Gasteiger partial charge on any atom is -0.351 e. The van der Waals surface area contributed by atoms with E-state index >= 15 is 0 Å². The number of carbonyl (C=O) groups excluding carboxylic acids is 2. The third kappa shape index (κ3) is 6.65. The fraction of sp³-hybridized carbons (Fsp3) is 0.500. The zero-order chi connectivity index (χ0) is 26.4. The van der Waals surface area contributed by atoms with Gasteiger partial charge in [-0.3, -0.25) is 9.59 Å². The second kappa shape index (κ2) is 12.4. The Morgan fingerprint density at radius 2 is 1.82 bits per heavy atom. The molecule has 3 aromatic rings. The van der Waals surface area contributed by atoms with Gasteiger partial charge >= 0.3 is 0 Å². The van der Waals surface area contributed by atoms with Gasteiger partial charge in [-0.25, -0.2) is 0 Å². The average Bonchev–Trinajstić information content (AvgIpc) is 3.57. The minimum atomic E-state index is -0.826. The summed E-state index contributed by atoms with van der Waals surface area (Å²) < 4.78 is 1.11. The predicted octanol–water partition coefficient (Wildman–Crippen LogP) is 6.15. The van der Waals surface area contributed by atoms with E-state index in [4.69, 9.17) is 0 Å². The van der Waals surface area contributed by atoms with Crippen LogP contribution in [0, 0.1) is 12.8 Å². The van der Waals surface area contributed by atoms with Crippen molar-refractivity contribution in [1.29, 1.82) is 0 Å². The third-order valence-electron chi connectivity index (χ3n) is 8.43. The van der Waals surface area contributed by atoms with Gasteiger partial charge in [0.2, 0.25) is 5.91 Å². The Balaban J connectivity index is 1.27. The lowest BCUT2D eigenvalue weighted by atomic mass is 9.90. The van der Waals surface area contributed by atoms with Crippen molar-refractivity contribution in [2.24, 2.45) is 5.92 Å². The highest BCUT2D eigenvalue weighted by molar-refractivity contribution is 7.20. The van der Waals surface area contributed by atoms with E-state index in [1.165, 1.54) is 41.7 Å². The quantitative estimate of drug-likeness (QED) is 0.294. The van der Waals surface area contributed by atoms with Crippen molar-refractivity contribution in [2.75, 3.05) is 13.1 Å². The lowest BCUT2D eigenvalue weighted by molar-refractivity contribution is -0.128. The molecular weight excluding hydrogens is 490 g/mol. The number of hydrogen-bond acceptors (Lipinski definition) is 4. The molecule has 0 radical (unpaired) electrons. The van der Waals surface area contributed by atoms with Gasteiger partial charge in [0.05, 0.1) is 4.88 Å². The summed E-state index contributed by atoms with van der Waals surface area (Å²) in [4.78, 5) is 28.0. The van der Waals surface area contributed by atoms with Crippen molar-refractivity contribution >= 4 is 33.2 Å². The molecule has 1 aliphatic heterocycles. The van der Waals surface area contributed by atoms with Crippen LogP contribution in [0.2, 0.25) is 0 Å². The number of benzene rings is 2. The summed E-state index contributed by atoms with van der Waals surface area (Å²) in [5.41, 5.74) is 1.60. The van der Waals surface area contributed by atoms with Crippen molar-refractivity contribution in [2.45, 2.75) is 82.7 Å². The lowest BCUT2D eigenvalue weighted by Crippen LogP contribution is -2.59. The number of hydrogen-bond donors (Lipinski definition) is 3. The van der Waals surface area contributed by atoms with E-state index in [9.17, 15) is 9.59 Å². The number of nitrogens with one attached hydrogen (secondary N) is 3. The first-order chi connectivity index (χ1) is 18.5. The molecule has 0 spiro atoms. The van der Waals surface area contributed by atoms with Crippen LogP contribution in [-0.4, -0.2) is 36.5 Å². The molecule has 2 fully saturated rings. The van der Waals surface area contributed by atoms with E-state index in [2.05, 4.69) is 65.3 Å². The van der Waals surface area contributed by atoms with Gasteiger partial charge in [-0.05, 0) is 93.1 Å². The number of carbonyl (C=O) groups is 2. The van der Waals surface area contributed by atoms with Gasteiger partial charge in [0.15, 0.2) is 0 Å². The fourth-order valence-corrected chi connectivity index (χ4v) is 7.24. The van der Waals surface area contributed by atoms with Gasteiger partial charge < -0.3 is 16.0 Å². The Kier molecular flexibility index (Phi) is 8.80. The number of amides is 2. The molecule has 2 heterocycles. The lowest BCUT2D eigenvalue weighted by Gasteiger charge is -2.32. The zero-order valence-corrected chi connectivity index (χ0v) is 23.4. The van der Waals surface area contributed by atoms with Gasteiger partial charge in [-0.15, -0.1) is 11.3 Å². The number of thiophene rings is 1. The topological polar surface area (TPSA) is 70.2 Å². The maximum absolute atomic E-state index is 13.9. The zero-order valence-electron chi connectivity index (χ0n) is 22.6. The molecular formula is C32H41N3O2S. The van der Waals surface area contributed by atoms with Crippen molar-refractivity contribution < 1.29 is 9.59 Å². The Hall–Kier alpha value is -2.70. The van der Waals surface area contributed by atoms with Gasteiger partial charge in [-0.1, -0.05) is 68.1 Å². The second-order valence-corrected chi connectivity index (χ2v) is 12.5. The molecule has 1 aromatic heterocycles. The first kappa shape index (κ1) is 26.9. The molecule has 6 heteroatoms. The number of piperidine rings is 1. The van der Waals surface area contributed by atoms with Crippen molar-refractivity contribution in [3.05, 3.63) is 70.6 Å². The molecule has 2 amide bonds. The highest BCUT2D eigenvalue weighted by Crippen LogP contribution is 2.33. The summed E-state index contributed by atoms with van der Waals surface area (Å²) in [5, 5.41) is 11.2. The highest BCUT2D eigenvalue weighted by atomic mass is 32.1. The summed E-state index contributed by atoms with van der Waals surface area (Å²) in [7, 11) is 0. The van der Waals surface area contributed by atoms with Crippen molar-refractivity contribution in [3.8, 4) is 0 Å². The normalized spacial score (nSPS) is 18.3. The Labute approximate surface area is 230 Å². The minimum absolute atomic E-state index is 0.0110. The van der Waals surface area contributed by atoms with E-state index < -0.39 is 5.54 Å². The molecule has 1 atom stereocenters. The van der Waals surface area contributed by atoms with Crippen LogP contribution < -0.4 is 16.0 Å². The number of aryl methyl sites for hydroxylation is 1. The molecule has 1 aliphatic carbocycles. The summed E-state index contributed by atoms with van der Waals surface area (Å²) in [6.07, 6.45) is 9.92. The summed E-state index contributed by atoms with van der Waals surface area (Å²) in [6.45, 7) is 4.31. The Morgan fingerprint density at radius 1 is 1.05 bits per heavy atom. The molecule has 0 bridgehead atoms. The third-order valence-corrected chi connectivity index (χ3v) is 9.52. The Bertz CT molecular complexity index is 1230. The molecule has 1 saturated carbocycles. The van der Waals surface area contributed by atoms with Gasteiger partial charge in [0, 0.05) is 10.7 Å². The van der Waals surface area contributed by atoms with E-state index in [-0.39, 0.29) is 17.9 Å². The van der Waals surface area contributed by atoms with Crippen LogP contribution in [0.3, 0.4) is 0 Å². The maximum atomic E-state index is 13.9.